The second kappa shape index (κ2) is 7.95. The van der Waals surface area contributed by atoms with E-state index < -0.39 is 0 Å². The first kappa shape index (κ1) is 17.9. The summed E-state index contributed by atoms with van der Waals surface area (Å²) in [5.41, 5.74) is 2.33. The molecule has 0 spiro atoms. The summed E-state index contributed by atoms with van der Waals surface area (Å²) in [5, 5.41) is 11.8. The zero-order valence-electron chi connectivity index (χ0n) is 15.5. The number of fused-ring (bicyclic) bond motifs is 1. The molecule has 3 rings (SSSR count). The van der Waals surface area contributed by atoms with E-state index in [1.807, 2.05) is 17.7 Å². The molecule has 2 unspecified atom stereocenters. The Morgan fingerprint density at radius 3 is 3.08 bits per heavy atom. The molecule has 1 aliphatic rings. The van der Waals surface area contributed by atoms with Crippen molar-refractivity contribution < 1.29 is 4.79 Å². The average molecular weight is 343 g/mol. The number of pyridine rings is 1. The van der Waals surface area contributed by atoms with Gasteiger partial charge in [-0.25, -0.2) is 9.67 Å². The molecule has 25 heavy (non-hydrogen) atoms. The quantitative estimate of drug-likeness (QED) is 0.846. The third-order valence-electron chi connectivity index (χ3n) is 5.18. The predicted molar refractivity (Wildman–Crippen MR) is 99.8 cm³/mol. The van der Waals surface area contributed by atoms with Crippen LogP contribution in [0.5, 0.6) is 0 Å². The van der Waals surface area contributed by atoms with Crippen LogP contribution in [0.2, 0.25) is 0 Å². The molecule has 0 radical (unpaired) electrons. The number of nitrogens with one attached hydrogen (secondary N) is 2. The van der Waals surface area contributed by atoms with Crippen LogP contribution >= 0.6 is 0 Å². The Hall–Kier alpha value is -1.95. The zero-order valence-corrected chi connectivity index (χ0v) is 15.5. The Morgan fingerprint density at radius 1 is 1.52 bits per heavy atom. The fraction of sp³-hybridized carbons (Fsp3) is 0.632. The predicted octanol–water partition coefficient (Wildman–Crippen LogP) is 2.83. The Balaban J connectivity index is 1.73. The van der Waals surface area contributed by atoms with Crippen molar-refractivity contribution in [2.75, 3.05) is 19.6 Å². The second-order valence-electron chi connectivity index (χ2n) is 7.15. The lowest BCUT2D eigenvalue weighted by molar-refractivity contribution is 0.0952. The number of hydrogen-bond donors (Lipinski definition) is 2. The molecule has 6 nitrogen and oxygen atoms in total. The van der Waals surface area contributed by atoms with Gasteiger partial charge in [0.2, 0.25) is 0 Å². The fourth-order valence-corrected chi connectivity index (χ4v) is 3.48. The van der Waals surface area contributed by atoms with Crippen molar-refractivity contribution in [1.29, 1.82) is 0 Å². The number of rotatable bonds is 6. The zero-order chi connectivity index (χ0) is 17.8. The van der Waals surface area contributed by atoms with Gasteiger partial charge in [-0.1, -0.05) is 6.92 Å². The summed E-state index contributed by atoms with van der Waals surface area (Å²) in [6.45, 7) is 9.08. The van der Waals surface area contributed by atoms with Gasteiger partial charge in [0, 0.05) is 12.2 Å². The van der Waals surface area contributed by atoms with Crippen LogP contribution in [0.25, 0.3) is 11.0 Å². The normalized spacial score (nSPS) is 19.1. The second-order valence-corrected chi connectivity index (χ2v) is 7.15. The van der Waals surface area contributed by atoms with Gasteiger partial charge in [0.05, 0.1) is 23.2 Å². The standard InChI is InChI=1S/C19H29N5O/c1-4-14(3)24-18-17(12-22-24)16(10-13(2)23-18)19(25)21-9-7-15-6-5-8-20-11-15/h10,12,14-15,20H,4-9,11H2,1-3H3,(H,21,25). The highest BCUT2D eigenvalue weighted by Gasteiger charge is 2.18. The summed E-state index contributed by atoms with van der Waals surface area (Å²) in [6, 6.07) is 2.13. The fourth-order valence-electron chi connectivity index (χ4n) is 3.48. The van der Waals surface area contributed by atoms with Gasteiger partial charge < -0.3 is 10.6 Å². The van der Waals surface area contributed by atoms with Crippen molar-refractivity contribution in [2.45, 2.75) is 52.5 Å². The van der Waals surface area contributed by atoms with Crippen molar-refractivity contribution in [2.24, 2.45) is 5.92 Å². The summed E-state index contributed by atoms with van der Waals surface area (Å²) < 4.78 is 1.92. The van der Waals surface area contributed by atoms with Gasteiger partial charge in [-0.3, -0.25) is 4.79 Å². The number of aromatic nitrogens is 3. The Morgan fingerprint density at radius 2 is 2.36 bits per heavy atom. The van der Waals surface area contributed by atoms with E-state index in [2.05, 4.69) is 34.6 Å². The number of aryl methyl sites for hydroxylation is 1. The SMILES string of the molecule is CCC(C)n1ncc2c(C(=O)NCCC3CCCNC3)cc(C)nc21. The van der Waals surface area contributed by atoms with E-state index in [4.69, 9.17) is 0 Å². The molecule has 2 aromatic rings. The van der Waals surface area contributed by atoms with E-state index in [1.165, 1.54) is 12.8 Å². The average Bonchev–Trinajstić information content (AvgIpc) is 3.04. The lowest BCUT2D eigenvalue weighted by Gasteiger charge is -2.22. The molecule has 0 saturated carbocycles. The Labute approximate surface area is 149 Å². The third-order valence-corrected chi connectivity index (χ3v) is 5.18. The van der Waals surface area contributed by atoms with E-state index in [9.17, 15) is 4.79 Å². The lowest BCUT2D eigenvalue weighted by atomic mass is 9.96. The molecule has 136 valence electrons. The summed E-state index contributed by atoms with van der Waals surface area (Å²) in [6.07, 6.45) is 6.26. The minimum absolute atomic E-state index is 0.0250. The first-order valence-electron chi connectivity index (χ1n) is 9.44. The van der Waals surface area contributed by atoms with E-state index in [-0.39, 0.29) is 11.9 Å². The molecular formula is C19H29N5O. The van der Waals surface area contributed by atoms with Crippen molar-refractivity contribution in [3.8, 4) is 0 Å². The molecule has 1 aliphatic heterocycles. The van der Waals surface area contributed by atoms with Gasteiger partial charge in [-0.2, -0.15) is 5.10 Å². The summed E-state index contributed by atoms with van der Waals surface area (Å²) >= 11 is 0. The Bertz CT molecular complexity index is 733. The molecule has 0 aliphatic carbocycles. The van der Waals surface area contributed by atoms with Crippen molar-refractivity contribution in [3.05, 3.63) is 23.5 Å². The first-order chi connectivity index (χ1) is 12.1. The van der Waals surface area contributed by atoms with Gasteiger partial charge in [-0.05, 0) is 64.6 Å². The van der Waals surface area contributed by atoms with Gasteiger partial charge in [0.15, 0.2) is 5.65 Å². The van der Waals surface area contributed by atoms with Crippen LogP contribution in [0.1, 0.15) is 61.6 Å². The number of piperidine rings is 1. The maximum atomic E-state index is 12.7. The minimum Gasteiger partial charge on any atom is -0.352 e. The summed E-state index contributed by atoms with van der Waals surface area (Å²) in [4.78, 5) is 17.3. The van der Waals surface area contributed by atoms with Crippen LogP contribution in [0.4, 0.5) is 0 Å². The smallest absolute Gasteiger partial charge is 0.252 e. The number of hydrogen-bond acceptors (Lipinski definition) is 4. The summed E-state index contributed by atoms with van der Waals surface area (Å²) in [5.74, 6) is 0.643. The maximum absolute atomic E-state index is 12.7. The highest BCUT2D eigenvalue weighted by Crippen LogP contribution is 2.22. The van der Waals surface area contributed by atoms with Crippen LogP contribution < -0.4 is 10.6 Å². The molecule has 2 N–H and O–H groups in total. The molecule has 1 fully saturated rings. The molecule has 2 aromatic heterocycles. The van der Waals surface area contributed by atoms with Crippen LogP contribution in [0.3, 0.4) is 0 Å². The van der Waals surface area contributed by atoms with Crippen LogP contribution in [0, 0.1) is 12.8 Å². The molecule has 1 saturated heterocycles. The molecule has 3 heterocycles. The van der Waals surface area contributed by atoms with Crippen molar-refractivity contribution >= 4 is 16.9 Å². The van der Waals surface area contributed by atoms with Gasteiger partial charge in [0.1, 0.15) is 0 Å². The molecule has 0 aromatic carbocycles. The topological polar surface area (TPSA) is 71.8 Å². The Kier molecular flexibility index (Phi) is 5.68. The maximum Gasteiger partial charge on any atom is 0.252 e. The van der Waals surface area contributed by atoms with E-state index in [0.717, 1.165) is 42.7 Å². The first-order valence-corrected chi connectivity index (χ1v) is 9.44. The molecular weight excluding hydrogens is 314 g/mol. The number of carbonyl (C=O) groups excluding carboxylic acids is 1. The van der Waals surface area contributed by atoms with Crippen LogP contribution in [0.15, 0.2) is 12.3 Å². The van der Waals surface area contributed by atoms with Crippen LogP contribution in [-0.2, 0) is 0 Å². The third kappa shape index (κ3) is 4.00. The number of carbonyl (C=O) groups is 1. The minimum atomic E-state index is -0.0250. The molecule has 6 heteroatoms. The molecule has 2 atom stereocenters. The summed E-state index contributed by atoms with van der Waals surface area (Å²) in [7, 11) is 0. The van der Waals surface area contributed by atoms with E-state index >= 15 is 0 Å². The molecule has 0 bridgehead atoms. The van der Waals surface area contributed by atoms with E-state index in [0.29, 0.717) is 18.0 Å². The number of amides is 1. The largest absolute Gasteiger partial charge is 0.352 e. The van der Waals surface area contributed by atoms with Crippen LogP contribution in [-0.4, -0.2) is 40.3 Å². The number of nitrogens with zero attached hydrogens (tertiary/aromatic N) is 3. The van der Waals surface area contributed by atoms with E-state index in [1.54, 1.807) is 6.20 Å². The van der Waals surface area contributed by atoms with Gasteiger partial charge >= 0.3 is 0 Å². The van der Waals surface area contributed by atoms with Crippen molar-refractivity contribution in [1.82, 2.24) is 25.4 Å². The van der Waals surface area contributed by atoms with Gasteiger partial charge in [0.25, 0.3) is 5.91 Å². The molecule has 1 amide bonds. The van der Waals surface area contributed by atoms with Gasteiger partial charge in [-0.15, -0.1) is 0 Å². The monoisotopic (exact) mass is 343 g/mol. The lowest BCUT2D eigenvalue weighted by Crippen LogP contribution is -2.33. The van der Waals surface area contributed by atoms with Crippen molar-refractivity contribution in [3.63, 3.8) is 0 Å². The highest BCUT2D eigenvalue weighted by molar-refractivity contribution is 6.05. The highest BCUT2D eigenvalue weighted by atomic mass is 16.1.